The first-order chi connectivity index (χ1) is 6.61. The lowest BCUT2D eigenvalue weighted by Gasteiger charge is -2.08. The van der Waals surface area contributed by atoms with E-state index in [0.717, 1.165) is 30.7 Å². The molecule has 0 fully saturated rings. The molecule has 0 saturated carbocycles. The molecule has 1 aromatic heterocycles. The smallest absolute Gasteiger partial charge is 0.160 e. The van der Waals surface area contributed by atoms with Crippen molar-refractivity contribution in [2.24, 2.45) is 0 Å². The highest BCUT2D eigenvalue weighted by atomic mass is 16.3. The molecule has 0 aromatic carbocycles. The van der Waals surface area contributed by atoms with Crippen molar-refractivity contribution in [3.63, 3.8) is 0 Å². The predicted octanol–water partition coefficient (Wildman–Crippen LogP) is 2.68. The van der Waals surface area contributed by atoms with Crippen molar-refractivity contribution in [2.45, 2.75) is 53.0 Å². The van der Waals surface area contributed by atoms with Gasteiger partial charge in [0.1, 0.15) is 5.69 Å². The zero-order chi connectivity index (χ0) is 10.7. The van der Waals surface area contributed by atoms with Crippen LogP contribution in [0.1, 0.15) is 51.5 Å². The largest absolute Gasteiger partial charge is 0.504 e. The molecule has 1 rings (SSSR count). The molecular weight excluding hydrogens is 176 g/mol. The Bertz CT molecular complexity index is 302. The maximum atomic E-state index is 9.91. The molecule has 1 heterocycles. The van der Waals surface area contributed by atoms with E-state index in [1.54, 1.807) is 0 Å². The highest BCUT2D eigenvalue weighted by molar-refractivity contribution is 5.32. The Morgan fingerprint density at radius 1 is 1.36 bits per heavy atom. The summed E-state index contributed by atoms with van der Waals surface area (Å²) in [6.07, 6.45) is 2.71. The standard InChI is InChI=1S/C11H20N2O/c1-5-7-9-11(14)10(6-2)13(12-9)8(3)4/h8,14H,5-7H2,1-4H3. The summed E-state index contributed by atoms with van der Waals surface area (Å²) in [4.78, 5) is 0. The molecule has 0 radical (unpaired) electrons. The zero-order valence-corrected chi connectivity index (χ0v) is 9.54. The zero-order valence-electron chi connectivity index (χ0n) is 9.54. The molecule has 3 heteroatoms. The number of rotatable bonds is 4. The van der Waals surface area contributed by atoms with E-state index in [-0.39, 0.29) is 0 Å². The summed E-state index contributed by atoms with van der Waals surface area (Å²) in [5, 5.41) is 14.3. The third-order valence-corrected chi connectivity index (χ3v) is 2.36. The van der Waals surface area contributed by atoms with Gasteiger partial charge in [0.2, 0.25) is 0 Å². The van der Waals surface area contributed by atoms with Crippen molar-refractivity contribution < 1.29 is 5.11 Å². The van der Waals surface area contributed by atoms with Gasteiger partial charge in [-0.3, -0.25) is 4.68 Å². The molecule has 0 amide bonds. The highest BCUT2D eigenvalue weighted by Crippen LogP contribution is 2.26. The lowest BCUT2D eigenvalue weighted by molar-refractivity contribution is 0.453. The molecule has 0 aliphatic carbocycles. The quantitative estimate of drug-likeness (QED) is 0.804. The van der Waals surface area contributed by atoms with Crippen molar-refractivity contribution in [3.8, 4) is 5.75 Å². The molecule has 80 valence electrons. The molecule has 1 N–H and O–H groups in total. The van der Waals surface area contributed by atoms with E-state index in [0.29, 0.717) is 11.8 Å². The van der Waals surface area contributed by atoms with Crippen LogP contribution < -0.4 is 0 Å². The Morgan fingerprint density at radius 2 is 2.00 bits per heavy atom. The minimum atomic E-state index is 0.321. The fourth-order valence-corrected chi connectivity index (χ4v) is 1.67. The Kier molecular flexibility index (Phi) is 3.55. The van der Waals surface area contributed by atoms with Crippen molar-refractivity contribution in [1.29, 1.82) is 0 Å². The van der Waals surface area contributed by atoms with Crippen LogP contribution >= 0.6 is 0 Å². The van der Waals surface area contributed by atoms with Crippen molar-refractivity contribution in [2.75, 3.05) is 0 Å². The summed E-state index contributed by atoms with van der Waals surface area (Å²) in [5.74, 6) is 0.406. The summed E-state index contributed by atoms with van der Waals surface area (Å²) in [7, 11) is 0. The third-order valence-electron chi connectivity index (χ3n) is 2.36. The number of hydrogen-bond donors (Lipinski definition) is 1. The van der Waals surface area contributed by atoms with Gasteiger partial charge in [0, 0.05) is 6.04 Å². The normalized spacial score (nSPS) is 11.2. The molecule has 0 unspecified atom stereocenters. The molecule has 3 nitrogen and oxygen atoms in total. The molecular formula is C11H20N2O. The van der Waals surface area contributed by atoms with Crippen LogP contribution in [0.25, 0.3) is 0 Å². The topological polar surface area (TPSA) is 38.0 Å². The fourth-order valence-electron chi connectivity index (χ4n) is 1.67. The van der Waals surface area contributed by atoms with Crippen LogP contribution in [-0.4, -0.2) is 14.9 Å². The van der Waals surface area contributed by atoms with E-state index >= 15 is 0 Å². The Balaban J connectivity index is 3.11. The van der Waals surface area contributed by atoms with Gasteiger partial charge in [-0.25, -0.2) is 0 Å². The molecule has 0 spiro atoms. The Morgan fingerprint density at radius 3 is 2.36 bits per heavy atom. The lowest BCUT2D eigenvalue weighted by atomic mass is 10.2. The molecule has 1 aromatic rings. The number of aryl methyl sites for hydroxylation is 1. The summed E-state index contributed by atoms with van der Waals surface area (Å²) >= 11 is 0. The van der Waals surface area contributed by atoms with Gasteiger partial charge in [-0.15, -0.1) is 0 Å². The van der Waals surface area contributed by atoms with Crippen molar-refractivity contribution in [3.05, 3.63) is 11.4 Å². The van der Waals surface area contributed by atoms with E-state index in [9.17, 15) is 5.11 Å². The van der Waals surface area contributed by atoms with Gasteiger partial charge in [0.05, 0.1) is 5.69 Å². The second-order valence-electron chi connectivity index (χ2n) is 3.88. The third kappa shape index (κ3) is 1.91. The number of aromatic nitrogens is 2. The van der Waals surface area contributed by atoms with E-state index in [1.807, 2.05) is 11.6 Å². The van der Waals surface area contributed by atoms with Gasteiger partial charge in [-0.2, -0.15) is 5.10 Å². The van der Waals surface area contributed by atoms with Crippen molar-refractivity contribution in [1.82, 2.24) is 9.78 Å². The van der Waals surface area contributed by atoms with E-state index in [2.05, 4.69) is 25.9 Å². The van der Waals surface area contributed by atoms with Crippen LogP contribution in [0.15, 0.2) is 0 Å². The maximum Gasteiger partial charge on any atom is 0.160 e. The minimum absolute atomic E-state index is 0.321. The van der Waals surface area contributed by atoms with Crippen LogP contribution in [-0.2, 0) is 12.8 Å². The van der Waals surface area contributed by atoms with Crippen LogP contribution in [0, 0.1) is 0 Å². The van der Waals surface area contributed by atoms with Gasteiger partial charge in [-0.05, 0) is 26.7 Å². The first-order valence-electron chi connectivity index (χ1n) is 5.41. The summed E-state index contributed by atoms with van der Waals surface area (Å²) < 4.78 is 1.93. The van der Waals surface area contributed by atoms with Gasteiger partial charge in [-0.1, -0.05) is 20.3 Å². The van der Waals surface area contributed by atoms with Crippen LogP contribution in [0.5, 0.6) is 5.75 Å². The maximum absolute atomic E-state index is 9.91. The van der Waals surface area contributed by atoms with Crippen LogP contribution in [0.3, 0.4) is 0 Å². The van der Waals surface area contributed by atoms with Crippen molar-refractivity contribution >= 4 is 0 Å². The molecule has 0 atom stereocenters. The first kappa shape index (κ1) is 11.1. The van der Waals surface area contributed by atoms with Crippen LogP contribution in [0.2, 0.25) is 0 Å². The number of aromatic hydroxyl groups is 1. The van der Waals surface area contributed by atoms with Gasteiger partial charge in [0.15, 0.2) is 5.75 Å². The van der Waals surface area contributed by atoms with E-state index in [1.165, 1.54) is 0 Å². The van der Waals surface area contributed by atoms with Gasteiger partial charge >= 0.3 is 0 Å². The van der Waals surface area contributed by atoms with Crippen LogP contribution in [0.4, 0.5) is 0 Å². The average Bonchev–Trinajstić information content (AvgIpc) is 2.44. The summed E-state index contributed by atoms with van der Waals surface area (Å²) in [6.45, 7) is 8.31. The second-order valence-corrected chi connectivity index (χ2v) is 3.88. The lowest BCUT2D eigenvalue weighted by Crippen LogP contribution is -2.06. The predicted molar refractivity (Wildman–Crippen MR) is 57.6 cm³/mol. The molecule has 0 saturated heterocycles. The Labute approximate surface area is 85.8 Å². The average molecular weight is 196 g/mol. The Hall–Kier alpha value is -0.990. The van der Waals surface area contributed by atoms with E-state index < -0.39 is 0 Å². The second kappa shape index (κ2) is 4.49. The van der Waals surface area contributed by atoms with Gasteiger partial charge < -0.3 is 5.11 Å². The molecule has 14 heavy (non-hydrogen) atoms. The summed E-state index contributed by atoms with van der Waals surface area (Å²) in [5.41, 5.74) is 1.81. The number of nitrogens with zero attached hydrogens (tertiary/aromatic N) is 2. The summed E-state index contributed by atoms with van der Waals surface area (Å²) in [6, 6.07) is 0.321. The van der Waals surface area contributed by atoms with Gasteiger partial charge in [0.25, 0.3) is 0 Å². The first-order valence-corrected chi connectivity index (χ1v) is 5.41. The molecule has 0 aliphatic rings. The highest BCUT2D eigenvalue weighted by Gasteiger charge is 2.16. The minimum Gasteiger partial charge on any atom is -0.504 e. The number of hydrogen-bond acceptors (Lipinski definition) is 2. The van der Waals surface area contributed by atoms with E-state index in [4.69, 9.17) is 0 Å². The molecule has 0 bridgehead atoms. The monoisotopic (exact) mass is 196 g/mol. The SMILES string of the molecule is CCCc1nn(C(C)C)c(CC)c1O. The fraction of sp³-hybridized carbons (Fsp3) is 0.727. The molecule has 0 aliphatic heterocycles.